The lowest BCUT2D eigenvalue weighted by atomic mass is 9.85. The molecule has 1 heterocycles. The van der Waals surface area contributed by atoms with E-state index >= 15 is 0 Å². The Bertz CT molecular complexity index is 888. The third-order valence-corrected chi connectivity index (χ3v) is 6.15. The highest BCUT2D eigenvalue weighted by atomic mass is 19.1. The normalized spacial score (nSPS) is 17.0. The maximum atomic E-state index is 14.7. The lowest BCUT2D eigenvalue weighted by molar-refractivity contribution is 0.329. The van der Waals surface area contributed by atoms with E-state index in [4.69, 9.17) is 0 Å². The molecule has 0 N–H and O–H groups in total. The molecule has 1 aliphatic carbocycles. The molecule has 1 fully saturated rings. The highest BCUT2D eigenvalue weighted by molar-refractivity contribution is 6.06. The molecule has 4 heteroatoms. The smallest absolute Gasteiger partial charge is 0.154 e. The van der Waals surface area contributed by atoms with E-state index in [2.05, 4.69) is 9.98 Å². The number of rotatable bonds is 7. The molecule has 2 aliphatic rings. The molecule has 2 aromatic rings. The maximum absolute atomic E-state index is 14.7. The Morgan fingerprint density at radius 2 is 1.62 bits per heavy atom. The van der Waals surface area contributed by atoms with Gasteiger partial charge in [0.25, 0.3) is 0 Å². The van der Waals surface area contributed by atoms with Gasteiger partial charge >= 0.3 is 0 Å². The lowest BCUT2D eigenvalue weighted by Crippen LogP contribution is -2.06. The van der Waals surface area contributed by atoms with Crippen LogP contribution < -0.4 is 0 Å². The Hall–Kier alpha value is -2.36. The summed E-state index contributed by atoms with van der Waals surface area (Å²) in [5.74, 6) is 0.600. The minimum atomic E-state index is -0.445. The molecule has 1 saturated carbocycles. The van der Waals surface area contributed by atoms with E-state index in [9.17, 15) is 8.78 Å². The number of amidine groups is 1. The zero-order valence-electron chi connectivity index (χ0n) is 16.8. The van der Waals surface area contributed by atoms with Gasteiger partial charge in [0.15, 0.2) is 5.84 Å². The molecule has 0 spiro atoms. The third-order valence-electron chi connectivity index (χ3n) is 6.15. The summed E-state index contributed by atoms with van der Waals surface area (Å²) >= 11 is 0. The number of hydrogen-bond donors (Lipinski definition) is 0. The molecule has 4 rings (SSSR count). The van der Waals surface area contributed by atoms with Crippen LogP contribution in [0.1, 0.15) is 62.5 Å². The van der Waals surface area contributed by atoms with Crippen molar-refractivity contribution in [2.45, 2.75) is 57.8 Å². The molecule has 2 nitrogen and oxygen atoms in total. The second kappa shape index (κ2) is 9.43. The fourth-order valence-electron chi connectivity index (χ4n) is 4.52. The van der Waals surface area contributed by atoms with Gasteiger partial charge < -0.3 is 0 Å². The van der Waals surface area contributed by atoms with E-state index in [1.165, 1.54) is 50.7 Å². The molecular weight excluding hydrogens is 366 g/mol. The first-order chi connectivity index (χ1) is 14.2. The molecule has 2 aromatic carbocycles. The van der Waals surface area contributed by atoms with Crippen molar-refractivity contribution in [3.63, 3.8) is 0 Å². The molecular formula is C25H28F2N2. The summed E-state index contributed by atoms with van der Waals surface area (Å²) in [5.41, 5.74) is 2.41. The average molecular weight is 395 g/mol. The number of benzene rings is 2. The van der Waals surface area contributed by atoms with Crippen molar-refractivity contribution >= 4 is 12.1 Å². The van der Waals surface area contributed by atoms with Gasteiger partial charge in [0, 0.05) is 17.3 Å². The average Bonchev–Trinajstić information content (AvgIpc) is 3.28. The quantitative estimate of drug-likeness (QED) is 0.464. The first kappa shape index (κ1) is 19.9. The Morgan fingerprint density at radius 1 is 0.862 bits per heavy atom. The highest BCUT2D eigenvalue weighted by Gasteiger charge is 2.15. The predicted octanol–water partition coefficient (Wildman–Crippen LogP) is 6.76. The lowest BCUT2D eigenvalue weighted by Gasteiger charge is -2.21. The number of hydrogen-bond acceptors (Lipinski definition) is 2. The zero-order chi connectivity index (χ0) is 20.1. The number of halogens is 2. The van der Waals surface area contributed by atoms with Crippen LogP contribution in [0.25, 0.3) is 11.1 Å². The molecule has 0 bridgehead atoms. The van der Waals surface area contributed by atoms with E-state index in [-0.39, 0.29) is 5.56 Å². The van der Waals surface area contributed by atoms with Gasteiger partial charge in [0.05, 0.1) is 6.54 Å². The minimum Gasteiger partial charge on any atom is -0.260 e. The molecule has 0 unspecified atom stereocenters. The summed E-state index contributed by atoms with van der Waals surface area (Å²) in [4.78, 5) is 8.55. The summed E-state index contributed by atoms with van der Waals surface area (Å²) < 4.78 is 29.4. The van der Waals surface area contributed by atoms with Crippen molar-refractivity contribution in [2.24, 2.45) is 15.9 Å². The Kier molecular flexibility index (Phi) is 6.48. The largest absolute Gasteiger partial charge is 0.260 e. The molecule has 0 radical (unpaired) electrons. The van der Waals surface area contributed by atoms with E-state index < -0.39 is 11.6 Å². The molecule has 0 atom stereocenters. The Balaban J connectivity index is 1.42. The Labute approximate surface area is 171 Å². The van der Waals surface area contributed by atoms with Crippen LogP contribution in [0.2, 0.25) is 0 Å². The summed E-state index contributed by atoms with van der Waals surface area (Å²) in [7, 11) is 0. The first-order valence-corrected chi connectivity index (χ1v) is 10.9. The van der Waals surface area contributed by atoms with Gasteiger partial charge in [-0.15, -0.1) is 0 Å². The van der Waals surface area contributed by atoms with Gasteiger partial charge in [-0.1, -0.05) is 63.1 Å². The van der Waals surface area contributed by atoms with Crippen LogP contribution in [-0.2, 0) is 6.42 Å². The van der Waals surface area contributed by atoms with Crippen molar-refractivity contribution in [3.05, 3.63) is 59.2 Å². The van der Waals surface area contributed by atoms with Crippen LogP contribution in [0.3, 0.4) is 0 Å². The SMILES string of the molecule is Fc1cc(-c2cccc(C3=NCC=N3)c2)cc(F)c1CCCCC1CCCCC1. The van der Waals surface area contributed by atoms with Crippen molar-refractivity contribution < 1.29 is 8.78 Å². The standard InChI is InChI=1S/C25H28F2N2/c26-23-16-21(19-10-6-11-20(15-19)25-28-13-14-29-25)17-24(27)22(23)12-5-4-9-18-7-2-1-3-8-18/h6,10-11,13,15-18H,1-5,7-9,12,14H2. The van der Waals surface area contributed by atoms with Crippen LogP contribution in [0, 0.1) is 17.6 Å². The van der Waals surface area contributed by atoms with Gasteiger partial charge in [-0.05, 0) is 48.1 Å². The van der Waals surface area contributed by atoms with Crippen molar-refractivity contribution in [3.8, 4) is 11.1 Å². The third kappa shape index (κ3) is 4.98. The first-order valence-electron chi connectivity index (χ1n) is 10.9. The van der Waals surface area contributed by atoms with Crippen LogP contribution >= 0.6 is 0 Å². The van der Waals surface area contributed by atoms with Crippen molar-refractivity contribution in [1.29, 1.82) is 0 Å². The molecule has 0 aromatic heterocycles. The van der Waals surface area contributed by atoms with E-state index in [1.807, 2.05) is 24.3 Å². The van der Waals surface area contributed by atoms with Gasteiger partial charge in [-0.2, -0.15) is 0 Å². The fourth-order valence-corrected chi connectivity index (χ4v) is 4.52. The topological polar surface area (TPSA) is 24.7 Å². The predicted molar refractivity (Wildman–Crippen MR) is 116 cm³/mol. The van der Waals surface area contributed by atoms with Gasteiger partial charge in [-0.3, -0.25) is 4.99 Å². The van der Waals surface area contributed by atoms with Crippen molar-refractivity contribution in [1.82, 2.24) is 0 Å². The summed E-state index contributed by atoms with van der Waals surface area (Å²) in [5, 5.41) is 0. The highest BCUT2D eigenvalue weighted by Crippen LogP contribution is 2.29. The molecule has 29 heavy (non-hydrogen) atoms. The summed E-state index contributed by atoms with van der Waals surface area (Å²) in [6.07, 6.45) is 12.0. The van der Waals surface area contributed by atoms with Crippen LogP contribution in [0.4, 0.5) is 8.78 Å². The number of unbranched alkanes of at least 4 members (excludes halogenated alkanes) is 1. The second-order valence-electron chi connectivity index (χ2n) is 8.23. The summed E-state index contributed by atoms with van der Waals surface area (Å²) in [6, 6.07) is 10.4. The monoisotopic (exact) mass is 394 g/mol. The maximum Gasteiger partial charge on any atom is 0.154 e. The van der Waals surface area contributed by atoms with Gasteiger partial charge in [-0.25, -0.2) is 13.8 Å². The second-order valence-corrected chi connectivity index (χ2v) is 8.23. The van der Waals surface area contributed by atoms with Crippen molar-refractivity contribution in [2.75, 3.05) is 6.54 Å². The van der Waals surface area contributed by atoms with E-state index in [1.54, 1.807) is 6.21 Å². The number of aliphatic imine (C=N–C) groups is 2. The zero-order valence-corrected chi connectivity index (χ0v) is 16.8. The molecule has 0 saturated heterocycles. The van der Waals surface area contributed by atoms with Crippen LogP contribution in [-0.4, -0.2) is 18.6 Å². The Morgan fingerprint density at radius 3 is 2.34 bits per heavy atom. The number of nitrogens with zero attached hydrogens (tertiary/aromatic N) is 2. The fraction of sp³-hybridized carbons (Fsp3) is 0.440. The molecule has 152 valence electrons. The van der Waals surface area contributed by atoms with E-state index in [0.29, 0.717) is 24.4 Å². The van der Waals surface area contributed by atoms with Crippen LogP contribution in [0.15, 0.2) is 46.4 Å². The van der Waals surface area contributed by atoms with Gasteiger partial charge in [0.1, 0.15) is 11.6 Å². The van der Waals surface area contributed by atoms with E-state index in [0.717, 1.165) is 29.9 Å². The van der Waals surface area contributed by atoms with Gasteiger partial charge in [0.2, 0.25) is 0 Å². The van der Waals surface area contributed by atoms with Crippen LogP contribution in [0.5, 0.6) is 0 Å². The minimum absolute atomic E-state index is 0.221. The molecule has 1 aliphatic heterocycles. The summed E-state index contributed by atoms with van der Waals surface area (Å²) in [6.45, 7) is 0.582. The molecule has 0 amide bonds.